The lowest BCUT2D eigenvalue weighted by Crippen LogP contribution is -2.37. The monoisotopic (exact) mass is 362 g/mol. The van der Waals surface area contributed by atoms with E-state index >= 15 is 0 Å². The molecule has 2 saturated heterocycles. The van der Waals surface area contributed by atoms with Gasteiger partial charge in [0.05, 0.1) is 33.5 Å². The number of aromatic hydroxyl groups is 1. The molecule has 6 nitrogen and oxygen atoms in total. The summed E-state index contributed by atoms with van der Waals surface area (Å²) >= 11 is 0. The fraction of sp³-hybridized carbons (Fsp3) is 0.600. The Labute approximate surface area is 155 Å². The maximum Gasteiger partial charge on any atom is 0.162 e. The van der Waals surface area contributed by atoms with E-state index in [0.29, 0.717) is 12.3 Å². The zero-order valence-electron chi connectivity index (χ0n) is 15.9. The van der Waals surface area contributed by atoms with E-state index in [1.165, 1.54) is 5.57 Å². The normalized spacial score (nSPS) is 20.3. The van der Waals surface area contributed by atoms with Gasteiger partial charge in [0.1, 0.15) is 0 Å². The van der Waals surface area contributed by atoms with Gasteiger partial charge >= 0.3 is 0 Å². The Bertz CT molecular complexity index is 620. The number of nitrogens with zero attached hydrogens (tertiary/aromatic N) is 2. The van der Waals surface area contributed by atoms with Gasteiger partial charge in [-0.05, 0) is 24.6 Å². The van der Waals surface area contributed by atoms with Gasteiger partial charge in [-0.15, -0.1) is 0 Å². The molecule has 2 fully saturated rings. The van der Waals surface area contributed by atoms with Gasteiger partial charge in [-0.3, -0.25) is 9.80 Å². The van der Waals surface area contributed by atoms with E-state index in [9.17, 15) is 5.11 Å². The van der Waals surface area contributed by atoms with Crippen LogP contribution in [0.5, 0.6) is 11.5 Å². The SMILES string of the molecule is COc1cc(C=C(C)CN2CCOCC2)cc(CN2CCOCC2)c1O. The number of rotatable bonds is 6. The highest BCUT2D eigenvalue weighted by Gasteiger charge is 2.16. The largest absolute Gasteiger partial charge is 0.504 e. The predicted molar refractivity (Wildman–Crippen MR) is 102 cm³/mol. The molecule has 2 aliphatic heterocycles. The number of methoxy groups -OCH3 is 1. The van der Waals surface area contributed by atoms with Crippen LogP contribution in [0.3, 0.4) is 0 Å². The Morgan fingerprint density at radius 2 is 1.69 bits per heavy atom. The zero-order chi connectivity index (χ0) is 18.4. The average Bonchev–Trinajstić information content (AvgIpc) is 2.66. The van der Waals surface area contributed by atoms with E-state index in [0.717, 1.165) is 70.3 Å². The van der Waals surface area contributed by atoms with Crippen molar-refractivity contribution in [2.24, 2.45) is 0 Å². The maximum absolute atomic E-state index is 10.5. The fourth-order valence-electron chi connectivity index (χ4n) is 3.49. The Morgan fingerprint density at radius 3 is 2.31 bits per heavy atom. The van der Waals surface area contributed by atoms with Gasteiger partial charge in [-0.25, -0.2) is 0 Å². The summed E-state index contributed by atoms with van der Waals surface area (Å²) in [6, 6.07) is 3.97. The Morgan fingerprint density at radius 1 is 1.08 bits per heavy atom. The van der Waals surface area contributed by atoms with Crippen molar-refractivity contribution >= 4 is 6.08 Å². The molecule has 3 rings (SSSR count). The minimum absolute atomic E-state index is 0.238. The van der Waals surface area contributed by atoms with Crippen LogP contribution in [0, 0.1) is 0 Å². The van der Waals surface area contributed by atoms with Gasteiger partial charge in [0, 0.05) is 44.8 Å². The minimum Gasteiger partial charge on any atom is -0.504 e. The van der Waals surface area contributed by atoms with Crippen LogP contribution in [0.25, 0.3) is 6.08 Å². The molecule has 2 aliphatic rings. The summed E-state index contributed by atoms with van der Waals surface area (Å²) < 4.78 is 16.2. The molecule has 1 aromatic rings. The third-order valence-corrected chi connectivity index (χ3v) is 4.88. The molecular weight excluding hydrogens is 332 g/mol. The number of benzene rings is 1. The quantitative estimate of drug-likeness (QED) is 0.835. The maximum atomic E-state index is 10.5. The number of phenolic OH excluding ortho intramolecular Hbond substituents is 1. The van der Waals surface area contributed by atoms with Crippen LogP contribution in [-0.2, 0) is 16.0 Å². The molecule has 0 spiro atoms. The smallest absolute Gasteiger partial charge is 0.162 e. The van der Waals surface area contributed by atoms with E-state index < -0.39 is 0 Å². The molecule has 0 atom stereocenters. The van der Waals surface area contributed by atoms with Gasteiger partial charge in [0.2, 0.25) is 0 Å². The first-order chi connectivity index (χ1) is 12.7. The Hall–Kier alpha value is -1.60. The second-order valence-electron chi connectivity index (χ2n) is 7.00. The summed E-state index contributed by atoms with van der Waals surface area (Å²) in [5, 5.41) is 10.5. The van der Waals surface area contributed by atoms with Crippen molar-refractivity contribution in [2.75, 3.05) is 66.3 Å². The van der Waals surface area contributed by atoms with E-state index in [1.807, 2.05) is 6.07 Å². The topological polar surface area (TPSA) is 54.4 Å². The molecule has 0 aromatic heterocycles. The molecule has 0 saturated carbocycles. The lowest BCUT2D eigenvalue weighted by Gasteiger charge is -2.27. The van der Waals surface area contributed by atoms with E-state index in [4.69, 9.17) is 14.2 Å². The van der Waals surface area contributed by atoms with Crippen molar-refractivity contribution in [1.29, 1.82) is 0 Å². The molecule has 0 bridgehead atoms. The molecule has 0 radical (unpaired) electrons. The van der Waals surface area contributed by atoms with Crippen LogP contribution >= 0.6 is 0 Å². The molecule has 1 aromatic carbocycles. The van der Waals surface area contributed by atoms with Gasteiger partial charge in [-0.1, -0.05) is 11.6 Å². The second-order valence-corrected chi connectivity index (χ2v) is 7.00. The molecule has 2 heterocycles. The summed E-state index contributed by atoms with van der Waals surface area (Å²) in [7, 11) is 1.60. The zero-order valence-corrected chi connectivity index (χ0v) is 15.9. The number of phenols is 1. The highest BCUT2D eigenvalue weighted by molar-refractivity contribution is 5.60. The van der Waals surface area contributed by atoms with Crippen LogP contribution in [0.1, 0.15) is 18.1 Å². The Balaban J connectivity index is 1.74. The van der Waals surface area contributed by atoms with Crippen molar-refractivity contribution in [1.82, 2.24) is 9.80 Å². The van der Waals surface area contributed by atoms with Gasteiger partial charge < -0.3 is 19.3 Å². The minimum atomic E-state index is 0.238. The summed E-state index contributed by atoms with van der Waals surface area (Å²) in [6.07, 6.45) is 2.18. The molecule has 26 heavy (non-hydrogen) atoms. The van der Waals surface area contributed by atoms with Crippen molar-refractivity contribution in [3.63, 3.8) is 0 Å². The van der Waals surface area contributed by atoms with E-state index in [-0.39, 0.29) is 5.75 Å². The van der Waals surface area contributed by atoms with Crippen LogP contribution in [0.4, 0.5) is 0 Å². The Kier molecular flexibility index (Phi) is 6.91. The van der Waals surface area contributed by atoms with Crippen LogP contribution < -0.4 is 4.74 Å². The van der Waals surface area contributed by atoms with Crippen molar-refractivity contribution in [2.45, 2.75) is 13.5 Å². The van der Waals surface area contributed by atoms with Crippen molar-refractivity contribution < 1.29 is 19.3 Å². The van der Waals surface area contributed by atoms with Gasteiger partial charge in [0.15, 0.2) is 11.5 Å². The number of hydrogen-bond donors (Lipinski definition) is 1. The van der Waals surface area contributed by atoms with E-state index in [1.54, 1.807) is 7.11 Å². The summed E-state index contributed by atoms with van der Waals surface area (Å²) in [5.74, 6) is 0.767. The van der Waals surface area contributed by atoms with Gasteiger partial charge in [0.25, 0.3) is 0 Å². The summed E-state index contributed by atoms with van der Waals surface area (Å²) in [6.45, 7) is 10.6. The molecular formula is C20H30N2O4. The summed E-state index contributed by atoms with van der Waals surface area (Å²) in [4.78, 5) is 4.70. The fourth-order valence-corrected chi connectivity index (χ4v) is 3.49. The molecule has 0 aliphatic carbocycles. The number of ether oxygens (including phenoxy) is 3. The third-order valence-electron chi connectivity index (χ3n) is 4.88. The lowest BCUT2D eigenvalue weighted by atomic mass is 10.0. The third kappa shape index (κ3) is 5.20. The standard InChI is InChI=1S/C20H30N2O4/c1-16(14-21-3-7-25-8-4-21)11-17-12-18(20(23)19(13-17)24-2)15-22-5-9-26-10-6-22/h11-13,23H,3-10,14-15H2,1-2H3. The first-order valence-electron chi connectivity index (χ1n) is 9.33. The molecule has 0 unspecified atom stereocenters. The molecule has 6 heteroatoms. The second kappa shape index (κ2) is 9.37. The molecule has 0 amide bonds. The van der Waals surface area contributed by atoms with Crippen LogP contribution in [0.15, 0.2) is 17.7 Å². The number of hydrogen-bond acceptors (Lipinski definition) is 6. The lowest BCUT2D eigenvalue weighted by molar-refractivity contribution is 0.0338. The van der Waals surface area contributed by atoms with Crippen molar-refractivity contribution in [3.05, 3.63) is 28.8 Å². The van der Waals surface area contributed by atoms with Crippen LogP contribution in [-0.4, -0.2) is 81.2 Å². The first-order valence-corrected chi connectivity index (χ1v) is 9.33. The highest BCUT2D eigenvalue weighted by atomic mass is 16.5. The predicted octanol–water partition coefficient (Wildman–Crippen LogP) is 1.97. The first kappa shape index (κ1) is 19.2. The summed E-state index contributed by atoms with van der Waals surface area (Å²) in [5.41, 5.74) is 3.25. The molecule has 144 valence electrons. The highest BCUT2D eigenvalue weighted by Crippen LogP contribution is 2.33. The molecule has 1 N–H and O–H groups in total. The van der Waals surface area contributed by atoms with Crippen LogP contribution in [0.2, 0.25) is 0 Å². The van der Waals surface area contributed by atoms with E-state index in [2.05, 4.69) is 28.9 Å². The number of morpholine rings is 2. The average molecular weight is 362 g/mol. The van der Waals surface area contributed by atoms with Gasteiger partial charge in [-0.2, -0.15) is 0 Å². The van der Waals surface area contributed by atoms with Crippen molar-refractivity contribution in [3.8, 4) is 11.5 Å².